The first-order chi connectivity index (χ1) is 10.1. The van der Waals surface area contributed by atoms with Gasteiger partial charge in [0, 0.05) is 6.42 Å². The summed E-state index contributed by atoms with van der Waals surface area (Å²) in [6, 6.07) is 0. The van der Waals surface area contributed by atoms with Crippen LogP contribution in [-0.4, -0.2) is 42.2 Å². The highest BCUT2D eigenvalue weighted by Gasteiger charge is 2.56. The summed E-state index contributed by atoms with van der Waals surface area (Å²) in [4.78, 5) is 6.27. The van der Waals surface area contributed by atoms with E-state index in [1.807, 2.05) is 0 Å². The average Bonchev–Trinajstić information content (AvgIpc) is 2.31. The quantitative estimate of drug-likeness (QED) is 0.232. The van der Waals surface area contributed by atoms with Crippen LogP contribution in [0.4, 0.5) is 44.3 Å². The van der Waals surface area contributed by atoms with Crippen molar-refractivity contribution < 1.29 is 53.8 Å². The monoisotopic (exact) mass is 428 g/mol. The predicted molar refractivity (Wildman–Crippen MR) is 61.0 cm³/mol. The van der Waals surface area contributed by atoms with Crippen LogP contribution >= 0.6 is 15.9 Å². The van der Waals surface area contributed by atoms with Gasteiger partial charge in [0.15, 0.2) is 0 Å². The van der Waals surface area contributed by atoms with Gasteiger partial charge in [0.1, 0.15) is 6.61 Å². The SMILES string of the molecule is O=C(OCCCC(F)(F)C(F)(F)F)OCCC(F)(F)C(F)(F)Br. The Labute approximate surface area is 132 Å². The van der Waals surface area contributed by atoms with Crippen LogP contribution in [0.15, 0.2) is 0 Å². The molecule has 0 fully saturated rings. The van der Waals surface area contributed by atoms with Crippen molar-refractivity contribution in [3.63, 3.8) is 0 Å². The number of halogens is 10. The Morgan fingerprint density at radius 3 is 1.70 bits per heavy atom. The van der Waals surface area contributed by atoms with Crippen molar-refractivity contribution in [1.29, 1.82) is 0 Å². The lowest BCUT2D eigenvalue weighted by atomic mass is 10.2. The van der Waals surface area contributed by atoms with E-state index in [9.17, 15) is 44.3 Å². The molecule has 0 radical (unpaired) electrons. The molecule has 0 spiro atoms. The van der Waals surface area contributed by atoms with Gasteiger partial charge in [-0.2, -0.15) is 39.5 Å². The van der Waals surface area contributed by atoms with Crippen molar-refractivity contribution in [2.24, 2.45) is 0 Å². The average molecular weight is 429 g/mol. The van der Waals surface area contributed by atoms with Crippen LogP contribution in [0.1, 0.15) is 19.3 Å². The van der Waals surface area contributed by atoms with Crippen molar-refractivity contribution in [1.82, 2.24) is 0 Å². The lowest BCUT2D eigenvalue weighted by Gasteiger charge is -2.21. The molecular formula is C10H10BrF9O3. The number of carbonyl (C=O) groups is 1. The number of hydrogen-bond acceptors (Lipinski definition) is 3. The van der Waals surface area contributed by atoms with E-state index >= 15 is 0 Å². The van der Waals surface area contributed by atoms with Gasteiger partial charge in [-0.1, -0.05) is 0 Å². The fourth-order valence-electron chi connectivity index (χ4n) is 1.04. The van der Waals surface area contributed by atoms with Gasteiger partial charge in [-0.15, -0.1) is 0 Å². The summed E-state index contributed by atoms with van der Waals surface area (Å²) >= 11 is 1.44. The zero-order chi connectivity index (χ0) is 18.5. The predicted octanol–water partition coefficient (Wildman–Crippen LogP) is 5.13. The summed E-state index contributed by atoms with van der Waals surface area (Å²) in [5.41, 5.74) is 0. The molecule has 0 atom stereocenters. The molecule has 0 aromatic heterocycles. The Morgan fingerprint density at radius 1 is 0.783 bits per heavy atom. The van der Waals surface area contributed by atoms with Gasteiger partial charge >= 0.3 is 29.0 Å². The molecule has 0 rings (SSSR count). The van der Waals surface area contributed by atoms with Crippen molar-refractivity contribution in [3.8, 4) is 0 Å². The molecule has 13 heteroatoms. The summed E-state index contributed by atoms with van der Waals surface area (Å²) in [6.07, 6.45) is -11.5. The lowest BCUT2D eigenvalue weighted by molar-refractivity contribution is -0.284. The van der Waals surface area contributed by atoms with Crippen molar-refractivity contribution in [2.45, 2.75) is 42.1 Å². The second-order valence-corrected chi connectivity index (χ2v) is 5.20. The van der Waals surface area contributed by atoms with Crippen LogP contribution in [0.2, 0.25) is 0 Å². The molecule has 0 N–H and O–H groups in total. The minimum absolute atomic E-state index is 0.878. The maximum absolute atomic E-state index is 12.7. The molecule has 0 amide bonds. The lowest BCUT2D eigenvalue weighted by Crippen LogP contribution is -2.36. The first kappa shape index (κ1) is 22.1. The Hall–Kier alpha value is -0.880. The second kappa shape index (κ2) is 7.79. The molecule has 0 saturated heterocycles. The van der Waals surface area contributed by atoms with Crippen LogP contribution in [-0.2, 0) is 9.47 Å². The Morgan fingerprint density at radius 2 is 1.26 bits per heavy atom. The third kappa shape index (κ3) is 7.48. The van der Waals surface area contributed by atoms with Crippen LogP contribution in [0.25, 0.3) is 0 Å². The zero-order valence-electron chi connectivity index (χ0n) is 11.0. The molecule has 138 valence electrons. The van der Waals surface area contributed by atoms with E-state index < -0.39 is 61.5 Å². The first-order valence-electron chi connectivity index (χ1n) is 5.79. The van der Waals surface area contributed by atoms with E-state index in [0.717, 1.165) is 0 Å². The van der Waals surface area contributed by atoms with Crippen molar-refractivity contribution in [3.05, 3.63) is 0 Å². The summed E-state index contributed by atoms with van der Waals surface area (Å²) in [5.74, 6) is -9.49. The van der Waals surface area contributed by atoms with Crippen LogP contribution in [0.5, 0.6) is 0 Å². The Balaban J connectivity index is 3.99. The molecule has 0 aromatic carbocycles. The highest BCUT2D eigenvalue weighted by molar-refractivity contribution is 9.10. The van der Waals surface area contributed by atoms with Gasteiger partial charge in [-0.05, 0) is 22.4 Å². The van der Waals surface area contributed by atoms with Gasteiger partial charge in [-0.3, -0.25) is 0 Å². The molecule has 23 heavy (non-hydrogen) atoms. The molecule has 0 aromatic rings. The molecular weight excluding hydrogens is 419 g/mol. The minimum atomic E-state index is -5.75. The molecule has 0 heterocycles. The number of hydrogen-bond donors (Lipinski definition) is 0. The van der Waals surface area contributed by atoms with Crippen molar-refractivity contribution >= 4 is 22.1 Å². The molecule has 0 aliphatic rings. The van der Waals surface area contributed by atoms with Gasteiger partial charge in [0.05, 0.1) is 13.0 Å². The summed E-state index contributed by atoms with van der Waals surface area (Å²) in [7, 11) is 0. The van der Waals surface area contributed by atoms with Crippen LogP contribution in [0, 0.1) is 0 Å². The summed E-state index contributed by atoms with van der Waals surface area (Å²) < 4.78 is 118. The van der Waals surface area contributed by atoms with E-state index in [2.05, 4.69) is 9.47 Å². The highest BCUT2D eigenvalue weighted by atomic mass is 79.9. The molecule has 0 bridgehead atoms. The van der Waals surface area contributed by atoms with Crippen LogP contribution in [0.3, 0.4) is 0 Å². The number of ether oxygens (including phenoxy) is 2. The molecule has 0 saturated carbocycles. The first-order valence-corrected chi connectivity index (χ1v) is 6.58. The number of alkyl halides is 10. The largest absolute Gasteiger partial charge is 0.508 e. The summed E-state index contributed by atoms with van der Waals surface area (Å²) in [6.45, 7) is -2.07. The Bertz CT molecular complexity index is 392. The minimum Gasteiger partial charge on any atom is -0.434 e. The second-order valence-electron chi connectivity index (χ2n) is 4.20. The Kier molecular flexibility index (Phi) is 7.50. The molecule has 0 unspecified atom stereocenters. The highest BCUT2D eigenvalue weighted by Crippen LogP contribution is 2.41. The van der Waals surface area contributed by atoms with Gasteiger partial charge in [0.2, 0.25) is 0 Å². The van der Waals surface area contributed by atoms with Gasteiger partial charge in [0.25, 0.3) is 0 Å². The van der Waals surface area contributed by atoms with E-state index in [1.165, 1.54) is 15.9 Å². The molecule has 0 aliphatic heterocycles. The third-order valence-electron chi connectivity index (χ3n) is 2.32. The van der Waals surface area contributed by atoms with E-state index in [-0.39, 0.29) is 0 Å². The standard InChI is InChI=1S/C10H10BrF9O3/c11-9(16,17)7(12,13)3-5-23-6(21)22-4-1-2-8(14,15)10(18,19)20/h1-5H2. The molecule has 3 nitrogen and oxygen atoms in total. The number of carbonyl (C=O) groups excluding carboxylic acids is 1. The van der Waals surface area contributed by atoms with Gasteiger partial charge < -0.3 is 9.47 Å². The smallest absolute Gasteiger partial charge is 0.434 e. The third-order valence-corrected chi connectivity index (χ3v) is 2.90. The van der Waals surface area contributed by atoms with Gasteiger partial charge in [-0.25, -0.2) is 4.79 Å². The fourth-order valence-corrected chi connectivity index (χ4v) is 1.24. The topological polar surface area (TPSA) is 35.5 Å². The number of rotatable bonds is 8. The van der Waals surface area contributed by atoms with E-state index in [1.54, 1.807) is 0 Å². The normalized spacial score (nSPS) is 13.8. The maximum atomic E-state index is 12.7. The molecule has 0 aliphatic carbocycles. The maximum Gasteiger partial charge on any atom is 0.508 e. The van der Waals surface area contributed by atoms with Crippen LogP contribution < -0.4 is 0 Å². The van der Waals surface area contributed by atoms with Crippen molar-refractivity contribution in [2.75, 3.05) is 13.2 Å². The van der Waals surface area contributed by atoms with E-state index in [0.29, 0.717) is 0 Å². The van der Waals surface area contributed by atoms with E-state index in [4.69, 9.17) is 0 Å². The zero-order valence-corrected chi connectivity index (χ0v) is 12.6. The fraction of sp³-hybridized carbons (Fsp3) is 0.900. The summed E-state index contributed by atoms with van der Waals surface area (Å²) in [5, 5.41) is 0.